The van der Waals surface area contributed by atoms with Gasteiger partial charge in [0.15, 0.2) is 5.82 Å². The van der Waals surface area contributed by atoms with Gasteiger partial charge in [-0.25, -0.2) is 4.98 Å². The lowest BCUT2D eigenvalue weighted by molar-refractivity contribution is -0.118. The quantitative estimate of drug-likeness (QED) is 0.789. The van der Waals surface area contributed by atoms with Crippen LogP contribution in [-0.4, -0.2) is 31.1 Å². The monoisotopic (exact) mass is 207 g/mol. The van der Waals surface area contributed by atoms with Gasteiger partial charge >= 0.3 is 0 Å². The summed E-state index contributed by atoms with van der Waals surface area (Å²) in [5.74, 6) is 0.585. The van der Waals surface area contributed by atoms with Crippen molar-refractivity contribution >= 4 is 5.78 Å². The summed E-state index contributed by atoms with van der Waals surface area (Å²) in [5, 5.41) is 9.96. The Balaban J connectivity index is 2.28. The molecule has 0 fully saturated rings. The van der Waals surface area contributed by atoms with Crippen LogP contribution >= 0.6 is 0 Å². The largest absolute Gasteiger partial charge is 0.338 e. The second kappa shape index (κ2) is 3.60. The van der Waals surface area contributed by atoms with E-state index >= 15 is 0 Å². The fourth-order valence-electron chi connectivity index (χ4n) is 0.994. The van der Waals surface area contributed by atoms with Crippen molar-refractivity contribution in [1.82, 2.24) is 25.3 Å². The number of nitrogens with one attached hydrogen (secondary N) is 1. The number of ketones is 1. The molecule has 1 unspecified atom stereocenters. The fourth-order valence-corrected chi connectivity index (χ4v) is 0.994. The normalized spacial score (nSPS) is 12.7. The first kappa shape index (κ1) is 9.50. The van der Waals surface area contributed by atoms with Crippen LogP contribution in [0.15, 0.2) is 10.9 Å². The first-order valence-electron chi connectivity index (χ1n) is 4.38. The van der Waals surface area contributed by atoms with Crippen LogP contribution in [0.2, 0.25) is 0 Å². The number of carbonyl (C=O) groups excluding carboxylic acids is 1. The van der Waals surface area contributed by atoms with Gasteiger partial charge in [-0.15, -0.1) is 0 Å². The third-order valence-corrected chi connectivity index (χ3v) is 2.05. The lowest BCUT2D eigenvalue weighted by Gasteiger charge is -1.97. The average molecular weight is 207 g/mol. The van der Waals surface area contributed by atoms with Gasteiger partial charge in [-0.05, 0) is 13.8 Å². The summed E-state index contributed by atoms with van der Waals surface area (Å²) in [5.41, 5.74) is 0. The highest BCUT2D eigenvalue weighted by Crippen LogP contribution is 2.16. The number of H-pyrrole nitrogens is 1. The van der Waals surface area contributed by atoms with Gasteiger partial charge < -0.3 is 4.52 Å². The van der Waals surface area contributed by atoms with Crippen molar-refractivity contribution in [2.45, 2.75) is 19.8 Å². The molecule has 78 valence electrons. The van der Waals surface area contributed by atoms with Crippen molar-refractivity contribution in [2.75, 3.05) is 0 Å². The van der Waals surface area contributed by atoms with Crippen LogP contribution in [0.3, 0.4) is 0 Å². The zero-order valence-corrected chi connectivity index (χ0v) is 8.26. The molecule has 2 aromatic rings. The number of rotatable bonds is 3. The summed E-state index contributed by atoms with van der Waals surface area (Å²) < 4.78 is 4.94. The molecule has 0 amide bonds. The molecule has 0 aromatic carbocycles. The molecule has 0 spiro atoms. The minimum absolute atomic E-state index is 0.0252. The molecule has 0 aliphatic rings. The van der Waals surface area contributed by atoms with E-state index in [0.29, 0.717) is 11.6 Å². The molecule has 0 aliphatic heterocycles. The molecule has 7 heteroatoms. The van der Waals surface area contributed by atoms with Gasteiger partial charge in [-0.3, -0.25) is 9.89 Å². The number of aromatic nitrogens is 5. The summed E-state index contributed by atoms with van der Waals surface area (Å²) in [6.07, 6.45) is 1.35. The lowest BCUT2D eigenvalue weighted by atomic mass is 10.1. The number of carbonyl (C=O) groups is 1. The number of aromatic amines is 1. The van der Waals surface area contributed by atoms with Crippen LogP contribution in [0.1, 0.15) is 25.7 Å². The van der Waals surface area contributed by atoms with Crippen molar-refractivity contribution < 1.29 is 9.32 Å². The van der Waals surface area contributed by atoms with Crippen molar-refractivity contribution in [3.63, 3.8) is 0 Å². The Morgan fingerprint density at radius 1 is 1.60 bits per heavy atom. The van der Waals surface area contributed by atoms with E-state index in [1.54, 1.807) is 6.92 Å². The van der Waals surface area contributed by atoms with Crippen molar-refractivity contribution in [1.29, 1.82) is 0 Å². The van der Waals surface area contributed by atoms with Gasteiger partial charge in [0.2, 0.25) is 11.7 Å². The highest BCUT2D eigenvalue weighted by Gasteiger charge is 2.19. The maximum absolute atomic E-state index is 11.1. The molecule has 0 saturated carbocycles. The van der Waals surface area contributed by atoms with E-state index in [2.05, 4.69) is 25.3 Å². The molecule has 2 heterocycles. The number of hydrogen-bond acceptors (Lipinski definition) is 6. The molecule has 0 saturated heterocycles. The highest BCUT2D eigenvalue weighted by molar-refractivity contribution is 5.81. The third kappa shape index (κ3) is 1.76. The first-order valence-corrected chi connectivity index (χ1v) is 4.38. The molecule has 7 nitrogen and oxygen atoms in total. The molecule has 1 atom stereocenters. The summed E-state index contributed by atoms with van der Waals surface area (Å²) in [6, 6.07) is 0. The van der Waals surface area contributed by atoms with Crippen LogP contribution in [0.5, 0.6) is 0 Å². The summed E-state index contributed by atoms with van der Waals surface area (Å²) in [7, 11) is 0. The van der Waals surface area contributed by atoms with E-state index in [1.165, 1.54) is 13.3 Å². The highest BCUT2D eigenvalue weighted by atomic mass is 16.5. The Bertz CT molecular complexity index is 461. The predicted molar refractivity (Wildman–Crippen MR) is 48.8 cm³/mol. The van der Waals surface area contributed by atoms with Gasteiger partial charge in [-0.2, -0.15) is 10.1 Å². The van der Waals surface area contributed by atoms with Crippen molar-refractivity contribution in [2.24, 2.45) is 0 Å². The minimum Gasteiger partial charge on any atom is -0.338 e. The number of hydrogen-bond donors (Lipinski definition) is 1. The van der Waals surface area contributed by atoms with Gasteiger partial charge in [0.1, 0.15) is 12.1 Å². The number of nitrogens with zero attached hydrogens (tertiary/aromatic N) is 4. The van der Waals surface area contributed by atoms with Crippen LogP contribution in [0.25, 0.3) is 11.6 Å². The van der Waals surface area contributed by atoms with Crippen LogP contribution < -0.4 is 0 Å². The van der Waals surface area contributed by atoms with Crippen LogP contribution in [-0.2, 0) is 4.79 Å². The smallest absolute Gasteiger partial charge is 0.239 e. The zero-order chi connectivity index (χ0) is 10.8. The van der Waals surface area contributed by atoms with E-state index in [1.807, 2.05) is 0 Å². The predicted octanol–water partition coefficient (Wildman–Crippen LogP) is 0.547. The molecular formula is C8H9N5O2. The molecule has 2 aromatic heterocycles. The van der Waals surface area contributed by atoms with E-state index in [4.69, 9.17) is 4.52 Å². The number of Topliss-reactive ketones (excluding diaryl/α,β-unsaturated/α-hetero) is 1. The van der Waals surface area contributed by atoms with E-state index in [9.17, 15) is 4.79 Å². The zero-order valence-electron chi connectivity index (χ0n) is 8.26. The molecule has 15 heavy (non-hydrogen) atoms. The first-order chi connectivity index (χ1) is 7.18. The molecule has 0 aliphatic carbocycles. The Hall–Kier alpha value is -2.05. The van der Waals surface area contributed by atoms with Gasteiger partial charge in [0.25, 0.3) is 0 Å². The van der Waals surface area contributed by atoms with Crippen molar-refractivity contribution in [3.05, 3.63) is 12.2 Å². The molecule has 0 radical (unpaired) electrons. The Morgan fingerprint density at radius 2 is 2.40 bits per heavy atom. The van der Waals surface area contributed by atoms with Crippen LogP contribution in [0, 0.1) is 0 Å². The van der Waals surface area contributed by atoms with Crippen LogP contribution in [0.4, 0.5) is 0 Å². The van der Waals surface area contributed by atoms with E-state index in [0.717, 1.165) is 0 Å². The molecule has 1 N–H and O–H groups in total. The molecule has 2 rings (SSSR count). The second-order valence-corrected chi connectivity index (χ2v) is 3.12. The lowest BCUT2D eigenvalue weighted by Crippen LogP contribution is -2.04. The van der Waals surface area contributed by atoms with Gasteiger partial charge in [-0.1, -0.05) is 5.16 Å². The fraction of sp³-hybridized carbons (Fsp3) is 0.375. The minimum atomic E-state index is -0.394. The molecule has 0 bridgehead atoms. The standard InChI is InChI=1S/C8H9N5O2/c1-4(5(2)14)8-11-7(13-15-8)6-9-3-10-12-6/h3-4H,1-2H3,(H,9,10,12). The van der Waals surface area contributed by atoms with Gasteiger partial charge in [0, 0.05) is 0 Å². The summed E-state index contributed by atoms with van der Waals surface area (Å²) >= 11 is 0. The third-order valence-electron chi connectivity index (χ3n) is 2.05. The van der Waals surface area contributed by atoms with E-state index in [-0.39, 0.29) is 11.7 Å². The summed E-state index contributed by atoms with van der Waals surface area (Å²) in [4.78, 5) is 19.0. The topological polar surface area (TPSA) is 97.6 Å². The SMILES string of the molecule is CC(=O)C(C)c1nc(-c2ncn[nH]2)no1. The maximum atomic E-state index is 11.1. The average Bonchev–Trinajstić information content (AvgIpc) is 2.86. The van der Waals surface area contributed by atoms with E-state index < -0.39 is 5.92 Å². The Labute approximate surface area is 84.9 Å². The Kier molecular flexibility index (Phi) is 2.28. The summed E-state index contributed by atoms with van der Waals surface area (Å²) in [6.45, 7) is 3.18. The second-order valence-electron chi connectivity index (χ2n) is 3.12. The van der Waals surface area contributed by atoms with Gasteiger partial charge in [0.05, 0.1) is 5.92 Å². The molecular weight excluding hydrogens is 198 g/mol. The maximum Gasteiger partial charge on any atom is 0.239 e. The Morgan fingerprint density at radius 3 is 3.00 bits per heavy atom. The van der Waals surface area contributed by atoms with Crippen molar-refractivity contribution in [3.8, 4) is 11.6 Å².